The van der Waals surface area contributed by atoms with Gasteiger partial charge in [0.2, 0.25) is 0 Å². The molecule has 3 rings (SSSR count). The van der Waals surface area contributed by atoms with Crippen LogP contribution in [0.4, 0.5) is 5.13 Å². The van der Waals surface area contributed by atoms with Crippen LogP contribution in [0.3, 0.4) is 0 Å². The van der Waals surface area contributed by atoms with E-state index in [-0.39, 0.29) is 10.8 Å². The molecule has 0 aliphatic rings. The van der Waals surface area contributed by atoms with Crippen LogP contribution in [0, 0.1) is 0 Å². The maximum Gasteiger partial charge on any atom is 0.257 e. The van der Waals surface area contributed by atoms with Gasteiger partial charge < -0.3 is 9.47 Å². The van der Waals surface area contributed by atoms with Crippen LogP contribution in [0.5, 0.6) is 11.5 Å². The second-order valence-corrected chi connectivity index (χ2v) is 8.73. The zero-order valence-electron chi connectivity index (χ0n) is 15.4. The summed E-state index contributed by atoms with van der Waals surface area (Å²) in [5.41, 5.74) is 1.72. The number of hydrogen-bond acceptors (Lipinski definition) is 7. The highest BCUT2D eigenvalue weighted by atomic mass is 32.2. The molecule has 7 nitrogen and oxygen atoms in total. The third-order valence-corrected chi connectivity index (χ3v) is 5.84. The summed E-state index contributed by atoms with van der Waals surface area (Å²) in [5.74, 6) is 0.930. The summed E-state index contributed by atoms with van der Waals surface area (Å²) in [7, 11) is -0.161. The van der Waals surface area contributed by atoms with E-state index in [1.165, 1.54) is 35.6 Å². The van der Waals surface area contributed by atoms with Crippen molar-refractivity contribution in [3.05, 3.63) is 53.4 Å². The van der Waals surface area contributed by atoms with Gasteiger partial charge in [0.25, 0.3) is 5.91 Å². The van der Waals surface area contributed by atoms with Gasteiger partial charge in [-0.2, -0.15) is 0 Å². The molecule has 0 saturated carbocycles. The molecule has 0 fully saturated rings. The molecule has 0 atom stereocenters. The van der Waals surface area contributed by atoms with Crippen molar-refractivity contribution in [3.63, 3.8) is 0 Å². The molecule has 0 aliphatic heterocycles. The van der Waals surface area contributed by atoms with Crippen molar-refractivity contribution in [1.82, 2.24) is 4.98 Å². The van der Waals surface area contributed by atoms with Crippen molar-refractivity contribution >= 4 is 32.2 Å². The first-order chi connectivity index (χ1) is 13.3. The van der Waals surface area contributed by atoms with Crippen molar-refractivity contribution in [2.45, 2.75) is 4.90 Å². The Bertz CT molecular complexity index is 1110. The normalized spacial score (nSPS) is 11.1. The van der Waals surface area contributed by atoms with Crippen molar-refractivity contribution in [2.75, 3.05) is 25.8 Å². The quantitative estimate of drug-likeness (QED) is 0.659. The van der Waals surface area contributed by atoms with Crippen LogP contribution in [-0.2, 0) is 9.84 Å². The Labute approximate surface area is 166 Å². The number of thiazole rings is 1. The summed E-state index contributed by atoms with van der Waals surface area (Å²) < 4.78 is 33.6. The lowest BCUT2D eigenvalue weighted by atomic mass is 10.1. The van der Waals surface area contributed by atoms with E-state index >= 15 is 0 Å². The lowest BCUT2D eigenvalue weighted by molar-refractivity contribution is 0.102. The summed E-state index contributed by atoms with van der Waals surface area (Å²) >= 11 is 1.27. The molecule has 1 N–H and O–H groups in total. The summed E-state index contributed by atoms with van der Waals surface area (Å²) in [5, 5.41) is 4.94. The Kier molecular flexibility index (Phi) is 5.66. The maximum absolute atomic E-state index is 12.4. The molecule has 28 heavy (non-hydrogen) atoms. The molecule has 0 radical (unpaired) electrons. The van der Waals surface area contributed by atoms with E-state index in [4.69, 9.17) is 9.47 Å². The number of amides is 1. The summed E-state index contributed by atoms with van der Waals surface area (Å²) in [6, 6.07) is 11.1. The zero-order chi connectivity index (χ0) is 20.3. The van der Waals surface area contributed by atoms with Crippen molar-refractivity contribution < 1.29 is 22.7 Å². The summed E-state index contributed by atoms with van der Waals surface area (Å²) in [6.45, 7) is 0. The molecule has 2 aromatic carbocycles. The van der Waals surface area contributed by atoms with Gasteiger partial charge in [0.15, 0.2) is 15.0 Å². The van der Waals surface area contributed by atoms with E-state index in [2.05, 4.69) is 10.3 Å². The molecule has 0 aliphatic carbocycles. The highest BCUT2D eigenvalue weighted by Crippen LogP contribution is 2.35. The summed E-state index contributed by atoms with van der Waals surface area (Å²) in [6.07, 6.45) is 1.12. The average molecular weight is 418 g/mol. The number of methoxy groups -OCH3 is 2. The molecule has 3 aromatic rings. The molecule has 9 heteroatoms. The number of anilines is 1. The number of benzene rings is 2. The Morgan fingerprint density at radius 1 is 1.07 bits per heavy atom. The van der Waals surface area contributed by atoms with Gasteiger partial charge in [0.1, 0.15) is 11.5 Å². The Balaban J connectivity index is 1.80. The first kappa shape index (κ1) is 19.8. The molecular weight excluding hydrogens is 400 g/mol. The van der Waals surface area contributed by atoms with Crippen molar-refractivity contribution in [2.24, 2.45) is 0 Å². The molecular formula is C19H18N2O5S2. The van der Waals surface area contributed by atoms with Crippen LogP contribution >= 0.6 is 11.3 Å². The number of nitrogens with zero attached hydrogens (tertiary/aromatic N) is 1. The van der Waals surface area contributed by atoms with Gasteiger partial charge in [-0.05, 0) is 42.5 Å². The number of rotatable bonds is 6. The second kappa shape index (κ2) is 7.99. The van der Waals surface area contributed by atoms with E-state index < -0.39 is 9.84 Å². The van der Waals surface area contributed by atoms with Gasteiger partial charge in [-0.15, -0.1) is 11.3 Å². The standard InChI is InChI=1S/C19H18N2O5S2/c1-25-13-6-9-17(26-2)15(10-13)16-11-27-19(20-16)21-18(22)12-4-7-14(8-5-12)28(3,23)24/h4-11H,1-3H3,(H,20,21,22). The molecule has 1 aromatic heterocycles. The maximum atomic E-state index is 12.4. The molecule has 1 heterocycles. The number of carbonyl (C=O) groups is 1. The predicted octanol–water partition coefficient (Wildman–Crippen LogP) is 3.48. The Hall–Kier alpha value is -2.91. The molecule has 0 unspecified atom stereocenters. The predicted molar refractivity (Wildman–Crippen MR) is 108 cm³/mol. The van der Waals surface area contributed by atoms with Crippen LogP contribution in [0.1, 0.15) is 10.4 Å². The van der Waals surface area contributed by atoms with Crippen LogP contribution < -0.4 is 14.8 Å². The molecule has 146 valence electrons. The smallest absolute Gasteiger partial charge is 0.257 e. The van der Waals surface area contributed by atoms with Gasteiger partial charge in [0, 0.05) is 22.8 Å². The minimum absolute atomic E-state index is 0.158. The fraction of sp³-hybridized carbons (Fsp3) is 0.158. The number of sulfone groups is 1. The van der Waals surface area contributed by atoms with Crippen LogP contribution in [0.25, 0.3) is 11.3 Å². The number of nitrogens with one attached hydrogen (secondary N) is 1. The molecule has 0 saturated heterocycles. The Morgan fingerprint density at radius 3 is 2.39 bits per heavy atom. The lowest BCUT2D eigenvalue weighted by Crippen LogP contribution is -2.12. The van der Waals surface area contributed by atoms with Crippen LogP contribution in [-0.4, -0.2) is 39.8 Å². The Morgan fingerprint density at radius 2 is 1.79 bits per heavy atom. The highest BCUT2D eigenvalue weighted by Gasteiger charge is 2.14. The summed E-state index contributed by atoms with van der Waals surface area (Å²) in [4.78, 5) is 17.0. The first-order valence-corrected chi connectivity index (χ1v) is 10.9. The largest absolute Gasteiger partial charge is 0.497 e. The zero-order valence-corrected chi connectivity index (χ0v) is 17.1. The van der Waals surface area contributed by atoms with Gasteiger partial charge in [-0.25, -0.2) is 13.4 Å². The van der Waals surface area contributed by atoms with Crippen molar-refractivity contribution in [1.29, 1.82) is 0 Å². The number of carbonyl (C=O) groups excluding carboxylic acids is 1. The minimum Gasteiger partial charge on any atom is -0.497 e. The van der Waals surface area contributed by atoms with Crippen LogP contribution in [0.15, 0.2) is 52.7 Å². The van der Waals surface area contributed by atoms with E-state index in [9.17, 15) is 13.2 Å². The molecule has 0 spiro atoms. The average Bonchev–Trinajstić information content (AvgIpc) is 3.15. The topological polar surface area (TPSA) is 94.6 Å². The van der Waals surface area contributed by atoms with E-state index in [0.29, 0.717) is 27.9 Å². The SMILES string of the molecule is COc1ccc(OC)c(-c2csc(NC(=O)c3ccc(S(C)(=O)=O)cc3)n2)c1. The second-order valence-electron chi connectivity index (χ2n) is 5.85. The van der Waals surface area contributed by atoms with E-state index in [0.717, 1.165) is 11.8 Å². The van der Waals surface area contributed by atoms with Gasteiger partial charge in [0.05, 0.1) is 24.8 Å². The lowest BCUT2D eigenvalue weighted by Gasteiger charge is -2.08. The number of hydrogen-bond donors (Lipinski definition) is 1. The fourth-order valence-electron chi connectivity index (χ4n) is 2.49. The van der Waals surface area contributed by atoms with Crippen LogP contribution in [0.2, 0.25) is 0 Å². The van der Waals surface area contributed by atoms with Gasteiger partial charge >= 0.3 is 0 Å². The number of aromatic nitrogens is 1. The fourth-order valence-corrected chi connectivity index (χ4v) is 3.83. The molecule has 1 amide bonds. The third-order valence-electron chi connectivity index (χ3n) is 3.95. The minimum atomic E-state index is -3.31. The van der Waals surface area contributed by atoms with E-state index in [1.54, 1.807) is 31.7 Å². The monoisotopic (exact) mass is 418 g/mol. The molecule has 0 bridgehead atoms. The first-order valence-electron chi connectivity index (χ1n) is 8.11. The van der Waals surface area contributed by atoms with Crippen molar-refractivity contribution in [3.8, 4) is 22.8 Å². The van der Waals surface area contributed by atoms with Gasteiger partial charge in [-0.1, -0.05) is 0 Å². The van der Waals surface area contributed by atoms with E-state index in [1.807, 2.05) is 6.07 Å². The number of ether oxygens (including phenoxy) is 2. The third kappa shape index (κ3) is 4.32. The highest BCUT2D eigenvalue weighted by molar-refractivity contribution is 7.90. The van der Waals surface area contributed by atoms with Gasteiger partial charge in [-0.3, -0.25) is 10.1 Å².